The van der Waals surface area contributed by atoms with E-state index >= 15 is 0 Å². The molecule has 0 aliphatic rings. The number of carbonyl (C=O) groups is 1. The van der Waals surface area contributed by atoms with E-state index in [-0.39, 0.29) is 5.91 Å². The molecule has 0 unspecified atom stereocenters. The van der Waals surface area contributed by atoms with E-state index in [9.17, 15) is 4.79 Å². The van der Waals surface area contributed by atoms with Gasteiger partial charge in [0.2, 0.25) is 5.91 Å². The van der Waals surface area contributed by atoms with Crippen molar-refractivity contribution in [1.82, 2.24) is 20.2 Å². The summed E-state index contributed by atoms with van der Waals surface area (Å²) in [4.78, 5) is 21.3. The Kier molecular flexibility index (Phi) is 6.39. The number of carbonyl (C=O) groups excluding carboxylic acids is 1. The summed E-state index contributed by atoms with van der Waals surface area (Å²) < 4.78 is 0. The van der Waals surface area contributed by atoms with E-state index in [1.807, 2.05) is 30.1 Å². The summed E-state index contributed by atoms with van der Waals surface area (Å²) in [6, 6.07) is 12.3. The first kappa shape index (κ1) is 18.1. The molecular formula is C21H26N4O. The molecule has 2 heterocycles. The highest BCUT2D eigenvalue weighted by Gasteiger charge is 2.08. The molecule has 0 fully saturated rings. The van der Waals surface area contributed by atoms with Crippen molar-refractivity contribution in [3.8, 4) is 0 Å². The third-order valence-corrected chi connectivity index (χ3v) is 4.67. The maximum absolute atomic E-state index is 12.2. The van der Waals surface area contributed by atoms with Crippen LogP contribution in [-0.4, -0.2) is 47.5 Å². The van der Waals surface area contributed by atoms with Gasteiger partial charge in [0.05, 0.1) is 0 Å². The first-order chi connectivity index (χ1) is 12.7. The van der Waals surface area contributed by atoms with E-state index in [2.05, 4.69) is 39.7 Å². The molecule has 3 aromatic rings. The molecule has 0 radical (unpaired) electrons. The van der Waals surface area contributed by atoms with Gasteiger partial charge in [-0.3, -0.25) is 9.78 Å². The maximum Gasteiger partial charge on any atom is 0.223 e. The molecule has 0 spiro atoms. The average Bonchev–Trinajstić information content (AvgIpc) is 3.09. The zero-order valence-electron chi connectivity index (χ0n) is 15.2. The summed E-state index contributed by atoms with van der Waals surface area (Å²) in [5, 5.41) is 4.66. The summed E-state index contributed by atoms with van der Waals surface area (Å²) in [7, 11) is 1.87. The monoisotopic (exact) mass is 350 g/mol. The largest absolute Gasteiger partial charge is 0.361 e. The number of rotatable bonds is 9. The van der Waals surface area contributed by atoms with E-state index in [1.54, 1.807) is 12.4 Å². The number of benzene rings is 1. The molecule has 5 heteroatoms. The Bertz CT molecular complexity index is 828. The molecule has 5 nitrogen and oxygen atoms in total. The van der Waals surface area contributed by atoms with Crippen molar-refractivity contribution >= 4 is 16.8 Å². The number of hydrogen-bond acceptors (Lipinski definition) is 3. The Morgan fingerprint density at radius 3 is 2.77 bits per heavy atom. The van der Waals surface area contributed by atoms with Crippen LogP contribution in [0.2, 0.25) is 0 Å². The van der Waals surface area contributed by atoms with Gasteiger partial charge >= 0.3 is 0 Å². The van der Waals surface area contributed by atoms with Crippen molar-refractivity contribution in [1.29, 1.82) is 0 Å². The van der Waals surface area contributed by atoms with Gasteiger partial charge in [-0.25, -0.2) is 0 Å². The lowest BCUT2D eigenvalue weighted by Gasteiger charge is -2.17. The summed E-state index contributed by atoms with van der Waals surface area (Å²) in [5.74, 6) is 0.179. The lowest BCUT2D eigenvalue weighted by atomic mass is 10.1. The summed E-state index contributed by atoms with van der Waals surface area (Å²) in [6.45, 7) is 2.31. The van der Waals surface area contributed by atoms with Gasteiger partial charge in [-0.05, 0) is 48.7 Å². The topological polar surface area (TPSA) is 61.0 Å². The number of fused-ring (bicyclic) bond motifs is 1. The van der Waals surface area contributed by atoms with Gasteiger partial charge in [0.25, 0.3) is 0 Å². The van der Waals surface area contributed by atoms with Crippen molar-refractivity contribution in [2.24, 2.45) is 0 Å². The lowest BCUT2D eigenvalue weighted by molar-refractivity contribution is -0.129. The van der Waals surface area contributed by atoms with Crippen molar-refractivity contribution in [2.45, 2.75) is 19.3 Å². The SMILES string of the molecule is CN(CCc1ccncc1)C(=O)CCNCCc1c[nH]c2ccccc12. The van der Waals surface area contributed by atoms with E-state index in [1.165, 1.54) is 22.0 Å². The molecular weight excluding hydrogens is 324 g/mol. The molecule has 0 saturated heterocycles. The fourth-order valence-electron chi connectivity index (χ4n) is 3.04. The van der Waals surface area contributed by atoms with Crippen LogP contribution in [-0.2, 0) is 17.6 Å². The second-order valence-electron chi connectivity index (χ2n) is 6.53. The van der Waals surface area contributed by atoms with E-state index < -0.39 is 0 Å². The third kappa shape index (κ3) is 4.92. The minimum Gasteiger partial charge on any atom is -0.361 e. The van der Waals surface area contributed by atoms with Gasteiger partial charge < -0.3 is 15.2 Å². The Morgan fingerprint density at radius 1 is 1.12 bits per heavy atom. The molecule has 0 aliphatic heterocycles. The standard InChI is InChI=1S/C21H26N4O/c1-25(15-10-17-6-11-22-12-7-17)21(26)9-14-23-13-8-18-16-24-20-5-3-2-4-19(18)20/h2-7,11-12,16,23-24H,8-10,13-15H2,1H3. The first-order valence-corrected chi connectivity index (χ1v) is 9.12. The highest BCUT2D eigenvalue weighted by molar-refractivity contribution is 5.83. The fourth-order valence-corrected chi connectivity index (χ4v) is 3.04. The number of nitrogens with one attached hydrogen (secondary N) is 2. The van der Waals surface area contributed by atoms with Crippen LogP contribution >= 0.6 is 0 Å². The molecule has 0 saturated carbocycles. The van der Waals surface area contributed by atoms with Gasteiger partial charge in [-0.15, -0.1) is 0 Å². The number of para-hydroxylation sites is 1. The number of aromatic amines is 1. The second-order valence-corrected chi connectivity index (χ2v) is 6.53. The third-order valence-electron chi connectivity index (χ3n) is 4.67. The Hall–Kier alpha value is -2.66. The van der Waals surface area contributed by atoms with Crippen LogP contribution in [0.5, 0.6) is 0 Å². The Morgan fingerprint density at radius 2 is 1.92 bits per heavy atom. The zero-order valence-corrected chi connectivity index (χ0v) is 15.2. The number of H-pyrrole nitrogens is 1. The molecule has 0 atom stereocenters. The van der Waals surface area contributed by atoms with Crippen LogP contribution in [0.3, 0.4) is 0 Å². The van der Waals surface area contributed by atoms with E-state index in [4.69, 9.17) is 0 Å². The van der Waals surface area contributed by atoms with Crippen molar-refractivity contribution < 1.29 is 4.79 Å². The van der Waals surface area contributed by atoms with Crippen molar-refractivity contribution in [3.63, 3.8) is 0 Å². The number of hydrogen-bond donors (Lipinski definition) is 2. The van der Waals surface area contributed by atoms with E-state index in [0.717, 1.165) is 25.9 Å². The molecule has 2 N–H and O–H groups in total. The van der Waals surface area contributed by atoms with Crippen LogP contribution in [0.15, 0.2) is 55.0 Å². The zero-order chi connectivity index (χ0) is 18.2. The fraction of sp³-hybridized carbons (Fsp3) is 0.333. The van der Waals surface area contributed by atoms with Crippen LogP contribution in [0, 0.1) is 0 Å². The van der Waals surface area contributed by atoms with Crippen LogP contribution < -0.4 is 5.32 Å². The molecule has 1 aromatic carbocycles. The molecule has 1 amide bonds. The molecule has 3 rings (SSSR count). The second kappa shape index (κ2) is 9.15. The molecule has 26 heavy (non-hydrogen) atoms. The van der Waals surface area contributed by atoms with Crippen molar-refractivity contribution in [3.05, 3.63) is 66.1 Å². The van der Waals surface area contributed by atoms with Gasteiger partial charge in [-0.1, -0.05) is 18.2 Å². The molecule has 0 aliphatic carbocycles. The summed E-state index contributed by atoms with van der Waals surface area (Å²) >= 11 is 0. The Balaban J connectivity index is 1.33. The van der Waals surface area contributed by atoms with Crippen LogP contribution in [0.4, 0.5) is 0 Å². The van der Waals surface area contributed by atoms with Crippen molar-refractivity contribution in [2.75, 3.05) is 26.7 Å². The van der Waals surface area contributed by atoms with Crippen LogP contribution in [0.1, 0.15) is 17.5 Å². The average molecular weight is 350 g/mol. The molecule has 2 aromatic heterocycles. The summed E-state index contributed by atoms with van der Waals surface area (Å²) in [5.41, 5.74) is 3.69. The molecule has 136 valence electrons. The predicted octanol–water partition coefficient (Wildman–Crippen LogP) is 2.79. The first-order valence-electron chi connectivity index (χ1n) is 9.12. The maximum atomic E-state index is 12.2. The van der Waals surface area contributed by atoms with Crippen LogP contribution in [0.25, 0.3) is 10.9 Å². The lowest BCUT2D eigenvalue weighted by Crippen LogP contribution is -2.32. The predicted molar refractivity (Wildman–Crippen MR) is 105 cm³/mol. The normalized spacial score (nSPS) is 11.0. The summed E-state index contributed by atoms with van der Waals surface area (Å²) in [6.07, 6.45) is 7.99. The van der Waals surface area contributed by atoms with Gasteiger partial charge in [-0.2, -0.15) is 0 Å². The highest BCUT2D eigenvalue weighted by atomic mass is 16.2. The van der Waals surface area contributed by atoms with Gasteiger partial charge in [0.1, 0.15) is 0 Å². The number of likely N-dealkylation sites (N-methyl/N-ethyl adjacent to an activating group) is 1. The quantitative estimate of drug-likeness (QED) is 0.584. The number of aromatic nitrogens is 2. The number of nitrogens with zero attached hydrogens (tertiary/aromatic N) is 2. The highest BCUT2D eigenvalue weighted by Crippen LogP contribution is 2.17. The minimum absolute atomic E-state index is 0.179. The van der Waals surface area contributed by atoms with Gasteiger partial charge in [0.15, 0.2) is 0 Å². The minimum atomic E-state index is 0.179. The Labute approximate surface area is 154 Å². The number of pyridine rings is 1. The number of amides is 1. The van der Waals surface area contributed by atoms with Gasteiger partial charge in [0, 0.05) is 56.1 Å². The molecule has 0 bridgehead atoms. The smallest absolute Gasteiger partial charge is 0.223 e. The van der Waals surface area contributed by atoms with E-state index in [0.29, 0.717) is 13.0 Å².